The smallest absolute Gasteiger partial charge is 0.407 e. The topological polar surface area (TPSA) is 106 Å². The molecule has 0 aliphatic heterocycles. The number of nitrogens with zero attached hydrogens (tertiary/aromatic N) is 4. The quantitative estimate of drug-likeness (QED) is 0.205. The van der Waals surface area contributed by atoms with Gasteiger partial charge in [-0.15, -0.1) is 0 Å². The molecule has 1 atom stereocenters. The molecule has 0 radical (unpaired) electrons. The Hall–Kier alpha value is -4.12. The zero-order valence-electron chi connectivity index (χ0n) is 26.3. The van der Waals surface area contributed by atoms with E-state index in [1.807, 2.05) is 32.9 Å². The summed E-state index contributed by atoms with van der Waals surface area (Å²) < 4.78 is 25.1. The monoisotopic (exact) mass is 621 g/mol. The number of aromatic nitrogens is 3. The van der Waals surface area contributed by atoms with Crippen molar-refractivity contribution < 1.29 is 18.7 Å². The molecule has 1 unspecified atom stereocenters. The molecule has 9 nitrogen and oxygen atoms in total. The fourth-order valence-electron chi connectivity index (χ4n) is 5.02. The van der Waals surface area contributed by atoms with Crippen molar-refractivity contribution in [2.24, 2.45) is 5.92 Å². The lowest BCUT2D eigenvalue weighted by atomic mass is 9.98. The van der Waals surface area contributed by atoms with E-state index in [0.29, 0.717) is 33.7 Å². The number of benzene rings is 2. The van der Waals surface area contributed by atoms with Gasteiger partial charge < -0.3 is 15.0 Å². The average molecular weight is 622 g/mol. The highest BCUT2D eigenvalue weighted by Gasteiger charge is 2.33. The summed E-state index contributed by atoms with van der Waals surface area (Å²) in [6.45, 7) is 13.8. The normalized spacial score (nSPS) is 12.4. The third-order valence-electron chi connectivity index (χ3n) is 7.09. The number of amides is 2. The molecule has 2 aromatic heterocycles. The van der Waals surface area contributed by atoms with Crippen LogP contribution in [0.25, 0.3) is 10.2 Å². The van der Waals surface area contributed by atoms with Gasteiger partial charge in [-0.25, -0.2) is 14.2 Å². The van der Waals surface area contributed by atoms with Crippen LogP contribution in [0.5, 0.6) is 0 Å². The molecule has 0 fully saturated rings. The summed E-state index contributed by atoms with van der Waals surface area (Å²) in [5.74, 6) is -0.320. The first-order valence-electron chi connectivity index (χ1n) is 14.7. The summed E-state index contributed by atoms with van der Waals surface area (Å²) in [5.41, 5.74) is 1.94. The SMILES string of the molecule is Cc1ccc(C(=O)N(CCCNC(=O)OC(C)(C)C)C(c2nc3snc(C)c3c(=O)n2Cc2ccc(F)cc2)C(C)C)cc1. The van der Waals surface area contributed by atoms with Gasteiger partial charge in [0.25, 0.3) is 11.5 Å². The molecule has 4 rings (SSSR count). The number of nitrogens with one attached hydrogen (secondary N) is 1. The van der Waals surface area contributed by atoms with Gasteiger partial charge in [0.2, 0.25) is 0 Å². The molecule has 0 saturated carbocycles. The minimum absolute atomic E-state index is 0.142. The average Bonchev–Trinajstić information content (AvgIpc) is 3.32. The lowest BCUT2D eigenvalue weighted by Crippen LogP contribution is -2.43. The Morgan fingerprint density at radius 3 is 2.34 bits per heavy atom. The van der Waals surface area contributed by atoms with Gasteiger partial charge in [0.1, 0.15) is 17.2 Å². The fourth-order valence-corrected chi connectivity index (χ4v) is 5.79. The number of carbonyl (C=O) groups is 2. The zero-order chi connectivity index (χ0) is 32.2. The molecule has 2 amide bonds. The first-order valence-corrected chi connectivity index (χ1v) is 15.5. The summed E-state index contributed by atoms with van der Waals surface area (Å²) in [5, 5.41) is 3.20. The van der Waals surface area contributed by atoms with Crippen LogP contribution < -0.4 is 10.9 Å². The van der Waals surface area contributed by atoms with Crippen LogP contribution in [0.15, 0.2) is 53.3 Å². The Morgan fingerprint density at radius 1 is 1.07 bits per heavy atom. The van der Waals surface area contributed by atoms with Gasteiger partial charge in [0, 0.05) is 18.7 Å². The molecule has 0 aliphatic rings. The minimum atomic E-state index is -0.631. The number of fused-ring (bicyclic) bond motifs is 1. The molecule has 234 valence electrons. The predicted octanol–water partition coefficient (Wildman–Crippen LogP) is 6.41. The van der Waals surface area contributed by atoms with Crippen molar-refractivity contribution in [3.05, 3.63) is 92.9 Å². The summed E-state index contributed by atoms with van der Waals surface area (Å²) in [7, 11) is 0. The minimum Gasteiger partial charge on any atom is -0.444 e. The predicted molar refractivity (Wildman–Crippen MR) is 171 cm³/mol. The van der Waals surface area contributed by atoms with Crippen molar-refractivity contribution >= 4 is 33.7 Å². The van der Waals surface area contributed by atoms with Gasteiger partial charge in [-0.2, -0.15) is 4.37 Å². The molecular formula is C33H40FN5O4S. The third kappa shape index (κ3) is 7.88. The van der Waals surface area contributed by atoms with Crippen LogP contribution in [0.3, 0.4) is 0 Å². The second-order valence-corrected chi connectivity index (χ2v) is 13.0. The summed E-state index contributed by atoms with van der Waals surface area (Å²) >= 11 is 1.15. The number of hydrogen-bond donors (Lipinski definition) is 1. The van der Waals surface area contributed by atoms with Gasteiger partial charge in [-0.1, -0.05) is 43.7 Å². The lowest BCUT2D eigenvalue weighted by molar-refractivity contribution is 0.0519. The second-order valence-electron chi connectivity index (χ2n) is 12.3. The van der Waals surface area contributed by atoms with Crippen molar-refractivity contribution in [1.29, 1.82) is 0 Å². The molecule has 0 spiro atoms. The van der Waals surface area contributed by atoms with Crippen LogP contribution in [-0.4, -0.2) is 49.5 Å². The van der Waals surface area contributed by atoms with E-state index in [1.165, 1.54) is 12.1 Å². The van der Waals surface area contributed by atoms with Gasteiger partial charge >= 0.3 is 6.09 Å². The molecule has 11 heteroatoms. The number of carbonyl (C=O) groups excluding carboxylic acids is 2. The Balaban J connectivity index is 1.78. The van der Waals surface area contributed by atoms with Crippen molar-refractivity contribution in [2.75, 3.05) is 13.1 Å². The Bertz CT molecular complexity index is 1670. The van der Waals surface area contributed by atoms with Crippen LogP contribution in [-0.2, 0) is 11.3 Å². The number of aryl methyl sites for hydroxylation is 2. The molecular weight excluding hydrogens is 581 g/mol. The maximum absolute atomic E-state index is 14.2. The number of ether oxygens (including phenoxy) is 1. The molecule has 0 bridgehead atoms. The van der Waals surface area contributed by atoms with Crippen molar-refractivity contribution in [3.8, 4) is 0 Å². The van der Waals surface area contributed by atoms with E-state index < -0.39 is 17.7 Å². The van der Waals surface area contributed by atoms with Gasteiger partial charge in [0.05, 0.1) is 23.7 Å². The molecule has 2 aromatic carbocycles. The highest BCUT2D eigenvalue weighted by molar-refractivity contribution is 7.12. The van der Waals surface area contributed by atoms with Gasteiger partial charge in [0.15, 0.2) is 4.83 Å². The van der Waals surface area contributed by atoms with Gasteiger partial charge in [-0.05, 0) is 88.3 Å². The van der Waals surface area contributed by atoms with E-state index >= 15 is 0 Å². The molecule has 2 heterocycles. The van der Waals surface area contributed by atoms with Crippen molar-refractivity contribution in [1.82, 2.24) is 24.1 Å². The van der Waals surface area contributed by atoms with Crippen molar-refractivity contribution in [3.63, 3.8) is 0 Å². The third-order valence-corrected chi connectivity index (χ3v) is 7.92. The molecule has 0 saturated heterocycles. The van der Waals surface area contributed by atoms with E-state index in [4.69, 9.17) is 9.72 Å². The summed E-state index contributed by atoms with van der Waals surface area (Å²) in [6, 6.07) is 12.7. The zero-order valence-corrected chi connectivity index (χ0v) is 27.1. The number of hydrogen-bond acceptors (Lipinski definition) is 7. The number of rotatable bonds is 10. The molecule has 1 N–H and O–H groups in total. The van der Waals surface area contributed by atoms with Crippen LogP contribution >= 0.6 is 11.5 Å². The highest BCUT2D eigenvalue weighted by atomic mass is 32.1. The Morgan fingerprint density at radius 2 is 1.73 bits per heavy atom. The molecule has 4 aromatic rings. The summed E-state index contributed by atoms with van der Waals surface area (Å²) in [6.07, 6.45) is -0.0976. The summed E-state index contributed by atoms with van der Waals surface area (Å²) in [4.78, 5) is 47.7. The Labute approximate surface area is 261 Å². The Kier molecular flexibility index (Phi) is 10.2. The lowest BCUT2D eigenvalue weighted by Gasteiger charge is -2.35. The van der Waals surface area contributed by atoms with Crippen LogP contribution in [0.2, 0.25) is 0 Å². The number of alkyl carbamates (subject to hydrolysis) is 1. The standard InChI is InChI=1S/C33H40FN5O4S/c1-20(2)27(28-36-29-26(22(4)37-44-29)31(41)39(28)19-23-11-15-25(34)16-12-23)38(30(40)24-13-9-21(3)10-14-24)18-8-17-35-32(42)43-33(5,6)7/h9-16,20,27H,8,17-19H2,1-7H3,(H,35,42). The van der Waals surface area contributed by atoms with E-state index in [2.05, 4.69) is 9.69 Å². The largest absolute Gasteiger partial charge is 0.444 e. The maximum atomic E-state index is 14.2. The van der Waals surface area contributed by atoms with Crippen molar-refractivity contribution in [2.45, 2.75) is 73.1 Å². The van der Waals surface area contributed by atoms with Crippen LogP contribution in [0.1, 0.15) is 80.1 Å². The van der Waals surface area contributed by atoms with Crippen LogP contribution in [0, 0.1) is 25.6 Å². The fraction of sp³-hybridized carbons (Fsp3) is 0.424. The van der Waals surface area contributed by atoms with Gasteiger partial charge in [-0.3, -0.25) is 14.2 Å². The van der Waals surface area contributed by atoms with E-state index in [9.17, 15) is 18.8 Å². The highest BCUT2D eigenvalue weighted by Crippen LogP contribution is 2.31. The first kappa shape index (κ1) is 32.8. The molecule has 0 aliphatic carbocycles. The van der Waals surface area contributed by atoms with E-state index in [1.54, 1.807) is 61.4 Å². The number of halogens is 1. The first-order chi connectivity index (χ1) is 20.7. The molecule has 44 heavy (non-hydrogen) atoms. The second kappa shape index (κ2) is 13.7. The van der Waals surface area contributed by atoms with Crippen LogP contribution in [0.4, 0.5) is 9.18 Å². The maximum Gasteiger partial charge on any atom is 0.407 e. The van der Waals surface area contributed by atoms with E-state index in [0.717, 1.165) is 22.7 Å². The van der Waals surface area contributed by atoms with E-state index in [-0.39, 0.29) is 42.8 Å².